The molecule has 0 aromatic carbocycles. The van der Waals surface area contributed by atoms with Crippen LogP contribution in [0.1, 0.15) is 58.8 Å². The highest BCUT2D eigenvalue weighted by molar-refractivity contribution is 14.0. The Kier molecular flexibility index (Phi) is 13.7. The van der Waals surface area contributed by atoms with Crippen molar-refractivity contribution in [3.8, 4) is 0 Å². The van der Waals surface area contributed by atoms with E-state index in [9.17, 15) is 0 Å². The van der Waals surface area contributed by atoms with Gasteiger partial charge in [0.05, 0.1) is 0 Å². The zero-order valence-corrected chi connectivity index (χ0v) is 19.1. The van der Waals surface area contributed by atoms with E-state index in [0.717, 1.165) is 83.1 Å². The lowest BCUT2D eigenvalue weighted by Gasteiger charge is -2.25. The fourth-order valence-corrected chi connectivity index (χ4v) is 3.83. The molecule has 6 heteroatoms. The standard InChI is InChI=1S/C20H39N3O2.HI/c1-3-21-20(23-15-19-7-4-6-17(2)14-19)22-10-5-11-25-16-18-8-12-24-13-9-18;/h17-19H,3-16H2,1-2H3,(H2,21,22,23);1H. The van der Waals surface area contributed by atoms with Gasteiger partial charge in [-0.25, -0.2) is 0 Å². The highest BCUT2D eigenvalue weighted by Crippen LogP contribution is 2.28. The summed E-state index contributed by atoms with van der Waals surface area (Å²) >= 11 is 0. The van der Waals surface area contributed by atoms with Crippen LogP contribution in [-0.2, 0) is 9.47 Å². The van der Waals surface area contributed by atoms with Crippen LogP contribution in [0.5, 0.6) is 0 Å². The summed E-state index contributed by atoms with van der Waals surface area (Å²) in [6.07, 6.45) is 8.76. The Labute approximate surface area is 177 Å². The van der Waals surface area contributed by atoms with E-state index in [1.165, 1.54) is 25.7 Å². The third-order valence-corrected chi connectivity index (χ3v) is 5.35. The van der Waals surface area contributed by atoms with Gasteiger partial charge in [0, 0.05) is 46.1 Å². The van der Waals surface area contributed by atoms with Crippen LogP contribution < -0.4 is 10.6 Å². The Balaban J connectivity index is 0.00000338. The lowest BCUT2D eigenvalue weighted by atomic mass is 9.82. The molecule has 1 saturated carbocycles. The van der Waals surface area contributed by atoms with Crippen molar-refractivity contribution in [1.82, 2.24) is 10.6 Å². The van der Waals surface area contributed by atoms with E-state index >= 15 is 0 Å². The third-order valence-electron chi connectivity index (χ3n) is 5.35. The van der Waals surface area contributed by atoms with Gasteiger partial charge in [-0.15, -0.1) is 24.0 Å². The molecule has 0 spiro atoms. The summed E-state index contributed by atoms with van der Waals surface area (Å²) in [6.45, 7) is 10.8. The Morgan fingerprint density at radius 3 is 2.65 bits per heavy atom. The monoisotopic (exact) mass is 481 g/mol. The lowest BCUT2D eigenvalue weighted by molar-refractivity contribution is 0.0203. The average Bonchev–Trinajstić information content (AvgIpc) is 2.63. The van der Waals surface area contributed by atoms with Crippen molar-refractivity contribution in [2.45, 2.75) is 58.8 Å². The molecule has 0 amide bonds. The second-order valence-electron chi connectivity index (χ2n) is 7.77. The van der Waals surface area contributed by atoms with E-state index in [1.807, 2.05) is 0 Å². The predicted octanol–water partition coefficient (Wildman–Crippen LogP) is 3.82. The Morgan fingerprint density at radius 1 is 1.12 bits per heavy atom. The molecule has 26 heavy (non-hydrogen) atoms. The van der Waals surface area contributed by atoms with E-state index in [-0.39, 0.29) is 24.0 Å². The maximum Gasteiger partial charge on any atom is 0.191 e. The van der Waals surface area contributed by atoms with Gasteiger partial charge in [0.2, 0.25) is 0 Å². The molecule has 2 atom stereocenters. The molecule has 1 aliphatic carbocycles. The number of halogens is 1. The van der Waals surface area contributed by atoms with E-state index in [1.54, 1.807) is 0 Å². The Hall–Kier alpha value is -0.0800. The van der Waals surface area contributed by atoms with Crippen LogP contribution in [0.2, 0.25) is 0 Å². The summed E-state index contributed by atoms with van der Waals surface area (Å²) in [6, 6.07) is 0. The molecule has 0 aromatic heterocycles. The Bertz CT molecular complexity index is 376. The first-order valence-electron chi connectivity index (χ1n) is 10.5. The molecule has 2 aliphatic rings. The minimum atomic E-state index is 0. The average molecular weight is 481 g/mol. The third kappa shape index (κ3) is 10.3. The van der Waals surface area contributed by atoms with Crippen LogP contribution in [0.25, 0.3) is 0 Å². The van der Waals surface area contributed by atoms with Gasteiger partial charge >= 0.3 is 0 Å². The van der Waals surface area contributed by atoms with Crippen LogP contribution in [-0.4, -0.2) is 52.0 Å². The minimum Gasteiger partial charge on any atom is -0.381 e. The number of hydrogen-bond acceptors (Lipinski definition) is 3. The zero-order valence-electron chi connectivity index (χ0n) is 16.8. The van der Waals surface area contributed by atoms with Gasteiger partial charge in [0.15, 0.2) is 5.96 Å². The van der Waals surface area contributed by atoms with Crippen molar-refractivity contribution in [2.24, 2.45) is 22.7 Å². The zero-order chi connectivity index (χ0) is 17.7. The molecule has 5 nitrogen and oxygen atoms in total. The number of nitrogens with one attached hydrogen (secondary N) is 2. The number of nitrogens with zero attached hydrogens (tertiary/aromatic N) is 1. The second kappa shape index (κ2) is 14.9. The molecule has 2 N–H and O–H groups in total. The number of guanidine groups is 1. The fraction of sp³-hybridized carbons (Fsp3) is 0.950. The molecule has 2 fully saturated rings. The highest BCUT2D eigenvalue weighted by Gasteiger charge is 2.18. The van der Waals surface area contributed by atoms with Crippen LogP contribution in [0.4, 0.5) is 0 Å². The number of hydrogen-bond donors (Lipinski definition) is 2. The molecule has 0 aromatic rings. The van der Waals surface area contributed by atoms with E-state index in [0.29, 0.717) is 5.92 Å². The summed E-state index contributed by atoms with van der Waals surface area (Å²) in [5.41, 5.74) is 0. The quantitative estimate of drug-likeness (QED) is 0.228. The SMILES string of the molecule is CCNC(=NCC1CCCC(C)C1)NCCCOCC1CCOCC1.I. The smallest absolute Gasteiger partial charge is 0.191 e. The molecule has 1 heterocycles. The number of ether oxygens (including phenoxy) is 2. The molecule has 0 radical (unpaired) electrons. The Morgan fingerprint density at radius 2 is 1.92 bits per heavy atom. The molecule has 154 valence electrons. The van der Waals surface area contributed by atoms with Gasteiger partial charge in [-0.2, -0.15) is 0 Å². The van der Waals surface area contributed by atoms with Gasteiger partial charge in [0.25, 0.3) is 0 Å². The van der Waals surface area contributed by atoms with Gasteiger partial charge in [0.1, 0.15) is 0 Å². The minimum absolute atomic E-state index is 0. The number of rotatable bonds is 9. The van der Waals surface area contributed by atoms with Crippen molar-refractivity contribution in [3.63, 3.8) is 0 Å². The van der Waals surface area contributed by atoms with Crippen molar-refractivity contribution in [1.29, 1.82) is 0 Å². The van der Waals surface area contributed by atoms with Crippen LogP contribution >= 0.6 is 24.0 Å². The van der Waals surface area contributed by atoms with Gasteiger partial charge in [-0.05, 0) is 56.8 Å². The van der Waals surface area contributed by atoms with E-state index in [2.05, 4.69) is 24.5 Å². The fourth-order valence-electron chi connectivity index (χ4n) is 3.83. The van der Waals surface area contributed by atoms with Crippen LogP contribution in [0.3, 0.4) is 0 Å². The molecule has 0 bridgehead atoms. The van der Waals surface area contributed by atoms with Gasteiger partial charge in [-0.3, -0.25) is 4.99 Å². The summed E-state index contributed by atoms with van der Waals surface area (Å²) in [5.74, 6) is 3.29. The normalized spacial score (nSPS) is 24.8. The van der Waals surface area contributed by atoms with Crippen molar-refractivity contribution in [2.75, 3.05) is 46.1 Å². The maximum absolute atomic E-state index is 5.83. The number of aliphatic imine (C=N–C) groups is 1. The summed E-state index contributed by atoms with van der Waals surface area (Å²) in [5, 5.41) is 6.81. The van der Waals surface area contributed by atoms with Crippen molar-refractivity contribution in [3.05, 3.63) is 0 Å². The van der Waals surface area contributed by atoms with Crippen LogP contribution in [0, 0.1) is 17.8 Å². The maximum atomic E-state index is 5.83. The lowest BCUT2D eigenvalue weighted by Crippen LogP contribution is -2.38. The van der Waals surface area contributed by atoms with E-state index in [4.69, 9.17) is 14.5 Å². The van der Waals surface area contributed by atoms with Gasteiger partial charge in [-0.1, -0.05) is 19.8 Å². The molecular formula is C20H40IN3O2. The molecule has 1 saturated heterocycles. The second-order valence-corrected chi connectivity index (χ2v) is 7.77. The first kappa shape index (κ1) is 24.0. The molecular weight excluding hydrogens is 441 g/mol. The first-order valence-corrected chi connectivity index (χ1v) is 10.5. The van der Waals surface area contributed by atoms with Crippen molar-refractivity contribution < 1.29 is 9.47 Å². The van der Waals surface area contributed by atoms with Crippen LogP contribution in [0.15, 0.2) is 4.99 Å². The highest BCUT2D eigenvalue weighted by atomic mass is 127. The molecule has 2 unspecified atom stereocenters. The van der Waals surface area contributed by atoms with E-state index < -0.39 is 0 Å². The van der Waals surface area contributed by atoms with Crippen molar-refractivity contribution >= 4 is 29.9 Å². The predicted molar refractivity (Wildman–Crippen MR) is 119 cm³/mol. The summed E-state index contributed by atoms with van der Waals surface area (Å²) in [7, 11) is 0. The molecule has 1 aliphatic heterocycles. The topological polar surface area (TPSA) is 54.9 Å². The van der Waals surface area contributed by atoms with Gasteiger partial charge < -0.3 is 20.1 Å². The summed E-state index contributed by atoms with van der Waals surface area (Å²) in [4.78, 5) is 4.80. The first-order chi connectivity index (χ1) is 12.3. The molecule has 2 rings (SSSR count). The largest absolute Gasteiger partial charge is 0.381 e. The summed E-state index contributed by atoms with van der Waals surface area (Å²) < 4.78 is 11.2.